The molecule has 7 nitrogen and oxygen atoms in total. The topological polar surface area (TPSA) is 105 Å². The number of carboxylic acids is 1. The summed E-state index contributed by atoms with van der Waals surface area (Å²) < 4.78 is 19.3. The van der Waals surface area contributed by atoms with E-state index in [4.69, 9.17) is 9.84 Å². The lowest BCUT2D eigenvalue weighted by molar-refractivity contribution is -0.150. The van der Waals surface area contributed by atoms with Gasteiger partial charge in [-0.1, -0.05) is 19.3 Å². The van der Waals surface area contributed by atoms with Crippen LogP contribution in [0.2, 0.25) is 0 Å². The van der Waals surface area contributed by atoms with E-state index in [0.29, 0.717) is 12.1 Å². The number of benzene rings is 1. The summed E-state index contributed by atoms with van der Waals surface area (Å²) in [6.45, 7) is 0. The lowest BCUT2D eigenvalue weighted by Crippen LogP contribution is -2.30. The molecule has 0 spiro atoms. The van der Waals surface area contributed by atoms with Gasteiger partial charge in [0.1, 0.15) is 11.9 Å². The smallest absolute Gasteiger partial charge is 0.332 e. The second kappa shape index (κ2) is 8.47. The van der Waals surface area contributed by atoms with Crippen molar-refractivity contribution in [3.05, 3.63) is 24.0 Å². The first-order valence-electron chi connectivity index (χ1n) is 9.23. The number of halogens is 1. The Labute approximate surface area is 156 Å². The number of amides is 2. The van der Waals surface area contributed by atoms with Gasteiger partial charge in [-0.3, -0.25) is 9.59 Å². The summed E-state index contributed by atoms with van der Waals surface area (Å²) in [6, 6.07) is 3.91. The Morgan fingerprint density at radius 1 is 0.963 bits per heavy atom. The molecule has 1 aromatic carbocycles. The van der Waals surface area contributed by atoms with Crippen LogP contribution < -0.4 is 10.6 Å². The monoisotopic (exact) mass is 378 g/mol. The van der Waals surface area contributed by atoms with Crippen LogP contribution in [-0.2, 0) is 19.1 Å². The van der Waals surface area contributed by atoms with Crippen LogP contribution in [0.15, 0.2) is 18.2 Å². The van der Waals surface area contributed by atoms with Crippen molar-refractivity contribution in [1.82, 2.24) is 0 Å². The van der Waals surface area contributed by atoms with Gasteiger partial charge in [0.2, 0.25) is 5.91 Å². The van der Waals surface area contributed by atoms with Gasteiger partial charge in [-0.05, 0) is 43.9 Å². The normalized spacial score (nSPS) is 23.0. The Morgan fingerprint density at radius 2 is 1.67 bits per heavy atom. The quantitative estimate of drug-likeness (QED) is 0.731. The highest BCUT2D eigenvalue weighted by Crippen LogP contribution is 2.27. The van der Waals surface area contributed by atoms with Crippen LogP contribution in [-0.4, -0.2) is 35.1 Å². The predicted molar refractivity (Wildman–Crippen MR) is 95.8 cm³/mol. The minimum absolute atomic E-state index is 0.0131. The van der Waals surface area contributed by atoms with Gasteiger partial charge in [0.05, 0.1) is 5.69 Å². The zero-order chi connectivity index (χ0) is 19.4. The van der Waals surface area contributed by atoms with Crippen molar-refractivity contribution >= 4 is 29.2 Å². The molecule has 1 saturated heterocycles. The molecule has 1 aliphatic heterocycles. The number of carboxylic acid groups (broad SMARTS) is 1. The number of aliphatic carboxylic acids is 1. The summed E-state index contributed by atoms with van der Waals surface area (Å²) in [5, 5.41) is 14.1. The molecule has 8 heteroatoms. The van der Waals surface area contributed by atoms with Crippen molar-refractivity contribution in [3.63, 3.8) is 0 Å². The number of carbonyl (C=O) groups is 3. The zero-order valence-corrected chi connectivity index (χ0v) is 14.9. The molecular weight excluding hydrogens is 355 g/mol. The molecule has 146 valence electrons. The minimum atomic E-state index is -1.10. The third kappa shape index (κ3) is 4.82. The Bertz CT molecular complexity index is 733. The number of rotatable bonds is 5. The third-order valence-electron chi connectivity index (χ3n) is 5.06. The summed E-state index contributed by atoms with van der Waals surface area (Å²) in [4.78, 5) is 35.5. The maximum absolute atomic E-state index is 14.1. The fourth-order valence-electron chi connectivity index (χ4n) is 3.53. The van der Waals surface area contributed by atoms with E-state index < -0.39 is 29.9 Å². The number of ether oxygens (including phenoxy) is 1. The highest BCUT2D eigenvalue weighted by atomic mass is 19.1. The Balaban J connectivity index is 1.62. The fraction of sp³-hybridized carbons (Fsp3) is 0.526. The van der Waals surface area contributed by atoms with Crippen LogP contribution in [0.3, 0.4) is 0 Å². The molecule has 3 N–H and O–H groups in total. The first kappa shape index (κ1) is 19.3. The van der Waals surface area contributed by atoms with E-state index in [1.165, 1.54) is 18.2 Å². The van der Waals surface area contributed by atoms with Gasteiger partial charge in [0, 0.05) is 11.6 Å². The summed E-state index contributed by atoms with van der Waals surface area (Å²) >= 11 is 0. The van der Waals surface area contributed by atoms with Crippen molar-refractivity contribution in [1.29, 1.82) is 0 Å². The first-order valence-corrected chi connectivity index (χ1v) is 9.23. The Morgan fingerprint density at radius 3 is 2.33 bits per heavy atom. The maximum Gasteiger partial charge on any atom is 0.332 e. The number of anilines is 2. The number of hydrogen-bond acceptors (Lipinski definition) is 4. The van der Waals surface area contributed by atoms with E-state index >= 15 is 0 Å². The highest BCUT2D eigenvalue weighted by Gasteiger charge is 2.34. The van der Waals surface area contributed by atoms with Crippen molar-refractivity contribution < 1.29 is 28.6 Å². The number of hydrogen-bond donors (Lipinski definition) is 3. The first-order chi connectivity index (χ1) is 12.9. The molecule has 1 heterocycles. The van der Waals surface area contributed by atoms with E-state index in [1.807, 2.05) is 0 Å². The van der Waals surface area contributed by atoms with E-state index in [-0.39, 0.29) is 23.9 Å². The maximum atomic E-state index is 14.1. The molecule has 0 radical (unpaired) electrons. The molecular formula is C19H23FN2O5. The van der Waals surface area contributed by atoms with Gasteiger partial charge < -0.3 is 20.5 Å². The Kier molecular flexibility index (Phi) is 6.05. The van der Waals surface area contributed by atoms with E-state index in [0.717, 1.165) is 32.1 Å². The van der Waals surface area contributed by atoms with Crippen LogP contribution in [0.5, 0.6) is 0 Å². The lowest BCUT2D eigenvalue weighted by Gasteiger charge is -2.21. The lowest BCUT2D eigenvalue weighted by atomic mass is 9.88. The van der Waals surface area contributed by atoms with Gasteiger partial charge in [-0.2, -0.15) is 0 Å². The van der Waals surface area contributed by atoms with Crippen molar-refractivity contribution in [2.75, 3.05) is 10.6 Å². The molecule has 2 aliphatic rings. The minimum Gasteiger partial charge on any atom is -0.479 e. The van der Waals surface area contributed by atoms with Crippen molar-refractivity contribution in [2.45, 2.75) is 57.2 Å². The van der Waals surface area contributed by atoms with Crippen LogP contribution in [0.1, 0.15) is 44.9 Å². The summed E-state index contributed by atoms with van der Waals surface area (Å²) in [5.41, 5.74) is 0.321. The summed E-state index contributed by atoms with van der Waals surface area (Å²) in [7, 11) is 0. The molecule has 1 aromatic rings. The standard InChI is InChI=1S/C19H23FN2O5/c20-13-7-6-12(21-18(24)15-8-9-16(27-15)19(25)26)10-14(13)22-17(23)11-4-2-1-3-5-11/h6-7,10-11,15-16H,1-5,8-9H2,(H,21,24)(H,22,23)(H,25,26)/t15-,16+/m0/s1. The SMILES string of the molecule is O=C(Nc1cc(NC(=O)[C@@H]2CC[C@H](C(=O)O)O2)ccc1F)C1CCCCC1. The summed E-state index contributed by atoms with van der Waals surface area (Å²) in [6.07, 6.45) is 3.42. The molecule has 0 aromatic heterocycles. The average molecular weight is 378 g/mol. The molecule has 1 saturated carbocycles. The van der Waals surface area contributed by atoms with Gasteiger partial charge in [0.25, 0.3) is 5.91 Å². The largest absolute Gasteiger partial charge is 0.479 e. The Hall–Kier alpha value is -2.48. The number of carbonyl (C=O) groups excluding carboxylic acids is 2. The molecule has 0 unspecified atom stereocenters. The van der Waals surface area contributed by atoms with E-state index in [2.05, 4.69) is 10.6 Å². The third-order valence-corrected chi connectivity index (χ3v) is 5.06. The van der Waals surface area contributed by atoms with Crippen LogP contribution in [0, 0.1) is 11.7 Å². The van der Waals surface area contributed by atoms with Gasteiger partial charge in [-0.25, -0.2) is 9.18 Å². The van der Waals surface area contributed by atoms with Crippen molar-refractivity contribution in [3.8, 4) is 0 Å². The highest BCUT2D eigenvalue weighted by molar-refractivity contribution is 5.97. The van der Waals surface area contributed by atoms with Crippen LogP contribution in [0.25, 0.3) is 0 Å². The predicted octanol–water partition coefficient (Wildman–Crippen LogP) is 2.92. The molecule has 3 rings (SSSR count). The summed E-state index contributed by atoms with van der Waals surface area (Å²) in [5.74, 6) is -2.49. The molecule has 27 heavy (non-hydrogen) atoms. The molecule has 2 atom stereocenters. The van der Waals surface area contributed by atoms with Crippen LogP contribution in [0.4, 0.5) is 15.8 Å². The second-order valence-electron chi connectivity index (χ2n) is 7.04. The molecule has 2 fully saturated rings. The average Bonchev–Trinajstić information content (AvgIpc) is 3.16. The van der Waals surface area contributed by atoms with E-state index in [9.17, 15) is 18.8 Å². The van der Waals surface area contributed by atoms with Gasteiger partial charge >= 0.3 is 5.97 Å². The van der Waals surface area contributed by atoms with Crippen LogP contribution >= 0.6 is 0 Å². The van der Waals surface area contributed by atoms with Gasteiger partial charge in [0.15, 0.2) is 6.10 Å². The number of nitrogens with one attached hydrogen (secondary N) is 2. The van der Waals surface area contributed by atoms with E-state index in [1.54, 1.807) is 0 Å². The molecule has 2 amide bonds. The fourth-order valence-corrected chi connectivity index (χ4v) is 3.53. The molecule has 1 aliphatic carbocycles. The molecule has 0 bridgehead atoms. The van der Waals surface area contributed by atoms with Gasteiger partial charge in [-0.15, -0.1) is 0 Å². The second-order valence-corrected chi connectivity index (χ2v) is 7.04. The van der Waals surface area contributed by atoms with Crippen molar-refractivity contribution in [2.24, 2.45) is 5.92 Å². The zero-order valence-electron chi connectivity index (χ0n) is 14.9.